The molecular weight excluding hydrogens is 374 g/mol. The molecule has 2 aliphatic heterocycles. The van der Waals surface area contributed by atoms with Gasteiger partial charge in [-0.1, -0.05) is 0 Å². The minimum atomic E-state index is -0.863. The normalized spacial score (nSPS) is 21.7. The Hall–Kier alpha value is -3.41. The summed E-state index contributed by atoms with van der Waals surface area (Å²) in [5.41, 5.74) is 0.858. The van der Waals surface area contributed by atoms with Gasteiger partial charge in [0.1, 0.15) is 12.1 Å². The number of hydrogen-bond acceptors (Lipinski definition) is 5. The van der Waals surface area contributed by atoms with E-state index in [0.29, 0.717) is 30.6 Å². The molecule has 4 amide bonds. The Morgan fingerprint density at radius 1 is 1.21 bits per heavy atom. The lowest BCUT2D eigenvalue weighted by atomic mass is 10.0. The second-order valence-electron chi connectivity index (χ2n) is 7.16. The highest BCUT2D eigenvalue weighted by atomic mass is 16.2. The molecule has 0 aromatic heterocycles. The Balaban J connectivity index is 1.73. The van der Waals surface area contributed by atoms with E-state index in [1.807, 2.05) is 6.07 Å². The van der Waals surface area contributed by atoms with Gasteiger partial charge in [-0.2, -0.15) is 5.26 Å². The van der Waals surface area contributed by atoms with Gasteiger partial charge in [0.2, 0.25) is 17.7 Å². The van der Waals surface area contributed by atoms with E-state index in [-0.39, 0.29) is 30.8 Å². The molecule has 9 heteroatoms. The zero-order valence-electron chi connectivity index (χ0n) is 16.2. The lowest BCUT2D eigenvalue weighted by Crippen LogP contribution is -2.63. The lowest BCUT2D eigenvalue weighted by molar-refractivity contribution is -0.143. The topological polar surface area (TPSA) is 123 Å². The van der Waals surface area contributed by atoms with Crippen LogP contribution in [0.1, 0.15) is 35.7 Å². The molecule has 0 spiro atoms. The molecular formula is C20H23N5O4. The molecule has 1 aromatic rings. The Labute approximate surface area is 168 Å². The highest BCUT2D eigenvalue weighted by molar-refractivity contribution is 5.96. The van der Waals surface area contributed by atoms with Gasteiger partial charge in [-0.25, -0.2) is 0 Å². The SMILES string of the molecule is CC(=O)N1CCN(C(=O)c2ccc(C#N)cc2)C[C@H]1C(=O)N[C@@H]1CCCNC1=O. The van der Waals surface area contributed by atoms with Crippen molar-refractivity contribution in [3.05, 3.63) is 35.4 Å². The first-order valence-electron chi connectivity index (χ1n) is 9.55. The molecule has 0 saturated carbocycles. The van der Waals surface area contributed by atoms with Crippen molar-refractivity contribution < 1.29 is 19.2 Å². The van der Waals surface area contributed by atoms with E-state index >= 15 is 0 Å². The van der Waals surface area contributed by atoms with Crippen LogP contribution in [0.15, 0.2) is 24.3 Å². The monoisotopic (exact) mass is 397 g/mol. The van der Waals surface area contributed by atoms with Crippen LogP contribution in [0.25, 0.3) is 0 Å². The lowest BCUT2D eigenvalue weighted by Gasteiger charge is -2.40. The van der Waals surface area contributed by atoms with Crippen molar-refractivity contribution in [1.82, 2.24) is 20.4 Å². The highest BCUT2D eigenvalue weighted by Crippen LogP contribution is 2.16. The van der Waals surface area contributed by atoms with Crippen LogP contribution in [-0.2, 0) is 14.4 Å². The number of rotatable bonds is 3. The van der Waals surface area contributed by atoms with Crippen molar-refractivity contribution in [3.8, 4) is 6.07 Å². The third-order valence-electron chi connectivity index (χ3n) is 5.24. The molecule has 2 fully saturated rings. The van der Waals surface area contributed by atoms with Crippen LogP contribution in [0.2, 0.25) is 0 Å². The van der Waals surface area contributed by atoms with Gasteiger partial charge in [0.25, 0.3) is 5.91 Å². The van der Waals surface area contributed by atoms with E-state index in [1.165, 1.54) is 16.7 Å². The number of nitrogens with zero attached hydrogens (tertiary/aromatic N) is 3. The second-order valence-corrected chi connectivity index (χ2v) is 7.16. The molecule has 2 aliphatic rings. The van der Waals surface area contributed by atoms with E-state index in [9.17, 15) is 19.2 Å². The van der Waals surface area contributed by atoms with Crippen LogP contribution < -0.4 is 10.6 Å². The number of piperazine rings is 1. The van der Waals surface area contributed by atoms with Gasteiger partial charge in [0.15, 0.2) is 0 Å². The molecule has 1 aromatic carbocycles. The number of nitriles is 1. The molecule has 0 radical (unpaired) electrons. The van der Waals surface area contributed by atoms with Gasteiger partial charge in [-0.15, -0.1) is 0 Å². The maximum Gasteiger partial charge on any atom is 0.253 e. The first-order valence-corrected chi connectivity index (χ1v) is 9.55. The van der Waals surface area contributed by atoms with Crippen LogP contribution in [0.4, 0.5) is 0 Å². The molecule has 2 atom stereocenters. The van der Waals surface area contributed by atoms with E-state index in [4.69, 9.17) is 5.26 Å². The predicted molar refractivity (Wildman–Crippen MR) is 102 cm³/mol. The first kappa shape index (κ1) is 20.3. The van der Waals surface area contributed by atoms with Crippen molar-refractivity contribution >= 4 is 23.6 Å². The van der Waals surface area contributed by atoms with Gasteiger partial charge in [-0.3, -0.25) is 19.2 Å². The fourth-order valence-corrected chi connectivity index (χ4v) is 3.62. The molecule has 9 nitrogen and oxygen atoms in total. The minimum Gasteiger partial charge on any atom is -0.354 e. The molecule has 3 rings (SSSR count). The van der Waals surface area contributed by atoms with Gasteiger partial charge in [0.05, 0.1) is 18.2 Å². The zero-order valence-corrected chi connectivity index (χ0v) is 16.2. The summed E-state index contributed by atoms with van der Waals surface area (Å²) in [6, 6.07) is 6.77. The molecule has 152 valence electrons. The smallest absolute Gasteiger partial charge is 0.253 e. The van der Waals surface area contributed by atoms with Crippen molar-refractivity contribution in [3.63, 3.8) is 0 Å². The summed E-state index contributed by atoms with van der Waals surface area (Å²) in [5, 5.41) is 14.3. The number of amides is 4. The standard InChI is InChI=1S/C20H23N5O4/c1-13(26)25-10-9-24(20(29)15-6-4-14(11-21)5-7-15)12-17(25)19(28)23-16-3-2-8-22-18(16)27/h4-7,16-17H,2-3,8-10,12H2,1H3,(H,22,27)(H,23,28)/t16-,17+/m1/s1. The van der Waals surface area contributed by atoms with Crippen molar-refractivity contribution in [1.29, 1.82) is 5.26 Å². The summed E-state index contributed by atoms with van der Waals surface area (Å²) in [6.07, 6.45) is 1.30. The Morgan fingerprint density at radius 3 is 2.55 bits per heavy atom. The summed E-state index contributed by atoms with van der Waals surface area (Å²) in [4.78, 5) is 52.6. The average Bonchev–Trinajstić information content (AvgIpc) is 2.74. The van der Waals surface area contributed by atoms with Gasteiger partial charge >= 0.3 is 0 Å². The molecule has 2 heterocycles. The third kappa shape index (κ3) is 4.54. The molecule has 0 bridgehead atoms. The number of benzene rings is 1. The maximum atomic E-state index is 12.9. The fraction of sp³-hybridized carbons (Fsp3) is 0.450. The number of hydrogen-bond donors (Lipinski definition) is 2. The highest BCUT2D eigenvalue weighted by Gasteiger charge is 2.37. The summed E-state index contributed by atoms with van der Waals surface area (Å²) in [5.74, 6) is -1.21. The fourth-order valence-electron chi connectivity index (χ4n) is 3.62. The maximum absolute atomic E-state index is 12.9. The number of nitrogens with one attached hydrogen (secondary N) is 2. The Bertz CT molecular complexity index is 861. The second kappa shape index (κ2) is 8.73. The predicted octanol–water partition coefficient (Wildman–Crippen LogP) is -0.374. The first-order chi connectivity index (χ1) is 13.9. The quantitative estimate of drug-likeness (QED) is 0.720. The average molecular weight is 397 g/mol. The summed E-state index contributed by atoms with van der Waals surface area (Å²) >= 11 is 0. The van der Waals surface area contributed by atoms with E-state index < -0.39 is 18.0 Å². The summed E-state index contributed by atoms with van der Waals surface area (Å²) in [7, 11) is 0. The van der Waals surface area contributed by atoms with Gasteiger partial charge in [0, 0.05) is 32.1 Å². The Morgan fingerprint density at radius 2 is 1.93 bits per heavy atom. The van der Waals surface area contributed by atoms with Crippen LogP contribution >= 0.6 is 0 Å². The molecule has 29 heavy (non-hydrogen) atoms. The van der Waals surface area contributed by atoms with Crippen molar-refractivity contribution in [2.75, 3.05) is 26.2 Å². The van der Waals surface area contributed by atoms with E-state index in [2.05, 4.69) is 10.6 Å². The zero-order chi connectivity index (χ0) is 21.0. The molecule has 0 unspecified atom stereocenters. The Kier molecular flexibility index (Phi) is 6.12. The molecule has 0 aliphatic carbocycles. The van der Waals surface area contributed by atoms with Gasteiger partial charge in [-0.05, 0) is 37.1 Å². The summed E-state index contributed by atoms with van der Waals surface area (Å²) in [6.45, 7) is 2.53. The van der Waals surface area contributed by atoms with Crippen LogP contribution in [0, 0.1) is 11.3 Å². The molecule has 2 N–H and O–H groups in total. The van der Waals surface area contributed by atoms with E-state index in [0.717, 1.165) is 6.42 Å². The number of carbonyl (C=O) groups excluding carboxylic acids is 4. The van der Waals surface area contributed by atoms with E-state index in [1.54, 1.807) is 24.3 Å². The largest absolute Gasteiger partial charge is 0.354 e. The van der Waals surface area contributed by atoms with Crippen molar-refractivity contribution in [2.45, 2.75) is 31.8 Å². The van der Waals surface area contributed by atoms with Crippen molar-refractivity contribution in [2.24, 2.45) is 0 Å². The van der Waals surface area contributed by atoms with Crippen LogP contribution in [-0.4, -0.2) is 71.7 Å². The summed E-state index contributed by atoms with van der Waals surface area (Å²) < 4.78 is 0. The third-order valence-corrected chi connectivity index (χ3v) is 5.24. The van der Waals surface area contributed by atoms with Gasteiger partial charge < -0.3 is 20.4 Å². The number of piperidine rings is 1. The molecule has 2 saturated heterocycles. The minimum absolute atomic E-state index is 0.0403. The number of carbonyl (C=O) groups is 4. The van der Waals surface area contributed by atoms with Crippen LogP contribution in [0.3, 0.4) is 0 Å². The van der Waals surface area contributed by atoms with Crippen LogP contribution in [0.5, 0.6) is 0 Å².